The van der Waals surface area contributed by atoms with Crippen molar-refractivity contribution in [1.29, 1.82) is 0 Å². The summed E-state index contributed by atoms with van der Waals surface area (Å²) in [4.78, 5) is 10.5. The Hall–Kier alpha value is -7.14. The predicted octanol–water partition coefficient (Wildman–Crippen LogP) is 14.3. The van der Waals surface area contributed by atoms with Crippen molar-refractivity contribution < 1.29 is 0 Å². The third-order valence-corrected chi connectivity index (χ3v) is 12.0. The fourth-order valence-corrected chi connectivity index (χ4v) is 9.23. The van der Waals surface area contributed by atoms with Crippen LogP contribution in [0, 0.1) is 0 Å². The summed E-state index contributed by atoms with van der Waals surface area (Å²) in [6.45, 7) is 0. The number of para-hydroxylation sites is 1. The molecule has 11 aromatic rings. The molecule has 11 rings (SSSR count). The van der Waals surface area contributed by atoms with E-state index in [-0.39, 0.29) is 0 Å². The molecule has 0 N–H and O–H groups in total. The monoisotopic (exact) mass is 731 g/mol. The van der Waals surface area contributed by atoms with E-state index in [1.807, 2.05) is 23.5 Å². The Morgan fingerprint density at radius 2 is 0.929 bits per heavy atom. The SMILES string of the molecule is c1ccc(-c2cccc(-c3nc(-c4ccccc4)cc(-c4cccc5c4c4ccccc4n5-c4ccc5sc6ccc(-c7ccccc7)cc6c5c4)n3)c2)cc1. The smallest absolute Gasteiger partial charge is 0.160 e. The maximum atomic E-state index is 5.36. The van der Waals surface area contributed by atoms with E-state index >= 15 is 0 Å². The molecule has 3 aromatic heterocycles. The minimum atomic E-state index is 0.699. The van der Waals surface area contributed by atoms with Gasteiger partial charge in [-0.15, -0.1) is 11.3 Å². The Morgan fingerprint density at radius 3 is 1.70 bits per heavy atom. The van der Waals surface area contributed by atoms with Crippen LogP contribution in [0.1, 0.15) is 0 Å². The molecule has 0 aliphatic heterocycles. The van der Waals surface area contributed by atoms with Gasteiger partial charge < -0.3 is 4.57 Å². The Kier molecular flexibility index (Phi) is 7.68. The largest absolute Gasteiger partial charge is 0.309 e. The second-order valence-corrected chi connectivity index (χ2v) is 15.3. The Labute approximate surface area is 328 Å². The fourth-order valence-electron chi connectivity index (χ4n) is 8.17. The zero-order chi connectivity index (χ0) is 37.0. The predicted molar refractivity (Wildman–Crippen MR) is 236 cm³/mol. The molecule has 262 valence electrons. The molecule has 0 atom stereocenters. The third-order valence-electron chi connectivity index (χ3n) is 10.8. The van der Waals surface area contributed by atoms with Gasteiger partial charge in [-0.2, -0.15) is 0 Å². The van der Waals surface area contributed by atoms with Crippen molar-refractivity contribution in [3.8, 4) is 61.8 Å². The molecule has 0 saturated heterocycles. The molecule has 0 radical (unpaired) electrons. The molecular formula is C52H33N3S. The summed E-state index contributed by atoms with van der Waals surface area (Å²) in [5, 5.41) is 4.92. The standard InChI is InChI=1S/C52H33N3S/c1-4-14-34(15-5-1)37-20-12-21-39(30-37)52-53-45(36-18-8-3-9-19-36)33-46(54-52)41-23-13-25-48-51(41)42-22-10-11-24-47(42)55(48)40-27-29-50-44(32-40)43-31-38(26-28-49(43)56-50)35-16-6-2-7-17-35/h1-33H. The van der Waals surface area contributed by atoms with Crippen LogP contribution >= 0.6 is 11.3 Å². The van der Waals surface area contributed by atoms with E-state index in [9.17, 15) is 0 Å². The van der Waals surface area contributed by atoms with Gasteiger partial charge in [0.05, 0.1) is 22.4 Å². The van der Waals surface area contributed by atoms with Gasteiger partial charge in [-0.25, -0.2) is 9.97 Å². The molecule has 56 heavy (non-hydrogen) atoms. The van der Waals surface area contributed by atoms with E-state index in [4.69, 9.17) is 9.97 Å². The van der Waals surface area contributed by atoms with Crippen LogP contribution in [0.5, 0.6) is 0 Å². The first-order valence-electron chi connectivity index (χ1n) is 18.9. The van der Waals surface area contributed by atoms with Gasteiger partial charge in [-0.05, 0) is 76.9 Å². The number of nitrogens with zero attached hydrogens (tertiary/aromatic N) is 3. The van der Waals surface area contributed by atoms with Crippen LogP contribution in [-0.2, 0) is 0 Å². The van der Waals surface area contributed by atoms with Crippen molar-refractivity contribution in [3.05, 3.63) is 200 Å². The van der Waals surface area contributed by atoms with Gasteiger partial charge in [0, 0.05) is 53.3 Å². The van der Waals surface area contributed by atoms with Gasteiger partial charge in [0.15, 0.2) is 5.82 Å². The molecule has 0 aliphatic rings. The first kappa shape index (κ1) is 32.3. The highest BCUT2D eigenvalue weighted by atomic mass is 32.1. The van der Waals surface area contributed by atoms with Crippen LogP contribution in [0.3, 0.4) is 0 Å². The normalized spacial score (nSPS) is 11.6. The number of hydrogen-bond donors (Lipinski definition) is 0. The van der Waals surface area contributed by atoms with Crippen LogP contribution in [-0.4, -0.2) is 14.5 Å². The summed E-state index contributed by atoms with van der Waals surface area (Å²) in [6.07, 6.45) is 0. The summed E-state index contributed by atoms with van der Waals surface area (Å²) in [5.74, 6) is 0.699. The number of aromatic nitrogens is 3. The zero-order valence-electron chi connectivity index (χ0n) is 30.3. The molecule has 8 aromatic carbocycles. The topological polar surface area (TPSA) is 30.7 Å². The highest BCUT2D eigenvalue weighted by molar-refractivity contribution is 7.25. The van der Waals surface area contributed by atoms with Crippen molar-refractivity contribution in [1.82, 2.24) is 14.5 Å². The molecule has 0 fully saturated rings. The molecule has 4 heteroatoms. The number of thiophene rings is 1. The van der Waals surface area contributed by atoms with Crippen molar-refractivity contribution in [2.45, 2.75) is 0 Å². The summed E-state index contributed by atoms with van der Waals surface area (Å²) >= 11 is 1.85. The van der Waals surface area contributed by atoms with Gasteiger partial charge in [0.25, 0.3) is 0 Å². The van der Waals surface area contributed by atoms with E-state index in [0.29, 0.717) is 5.82 Å². The highest BCUT2D eigenvalue weighted by Crippen LogP contribution is 2.42. The molecule has 0 unspecified atom stereocenters. The Balaban J connectivity index is 1.12. The van der Waals surface area contributed by atoms with Gasteiger partial charge in [-0.1, -0.05) is 146 Å². The van der Waals surface area contributed by atoms with E-state index in [1.54, 1.807) is 0 Å². The molecule has 0 amide bonds. The quantitative estimate of drug-likeness (QED) is 0.170. The average molecular weight is 732 g/mol. The molecular weight excluding hydrogens is 699 g/mol. The summed E-state index contributed by atoms with van der Waals surface area (Å²) in [6, 6.07) is 71.4. The van der Waals surface area contributed by atoms with E-state index in [0.717, 1.165) is 55.9 Å². The van der Waals surface area contributed by atoms with Crippen LogP contribution in [0.4, 0.5) is 0 Å². The average Bonchev–Trinajstić information content (AvgIpc) is 3.82. The highest BCUT2D eigenvalue weighted by Gasteiger charge is 2.19. The van der Waals surface area contributed by atoms with Gasteiger partial charge in [0.2, 0.25) is 0 Å². The summed E-state index contributed by atoms with van der Waals surface area (Å²) in [7, 11) is 0. The van der Waals surface area contributed by atoms with Gasteiger partial charge in [-0.3, -0.25) is 0 Å². The number of benzene rings is 8. The summed E-state index contributed by atoms with van der Waals surface area (Å²) in [5.41, 5.74) is 13.1. The number of hydrogen-bond acceptors (Lipinski definition) is 3. The maximum absolute atomic E-state index is 5.36. The van der Waals surface area contributed by atoms with Crippen molar-refractivity contribution in [2.24, 2.45) is 0 Å². The Morgan fingerprint density at radius 1 is 0.357 bits per heavy atom. The molecule has 3 nitrogen and oxygen atoms in total. The van der Waals surface area contributed by atoms with Crippen LogP contribution in [0.25, 0.3) is 104 Å². The van der Waals surface area contributed by atoms with E-state index in [2.05, 4.69) is 193 Å². The van der Waals surface area contributed by atoms with Crippen molar-refractivity contribution >= 4 is 53.3 Å². The Bertz CT molecular complexity index is 3240. The zero-order valence-corrected chi connectivity index (χ0v) is 31.1. The fraction of sp³-hybridized carbons (Fsp3) is 0. The van der Waals surface area contributed by atoms with Crippen LogP contribution < -0.4 is 0 Å². The molecule has 3 heterocycles. The first-order valence-corrected chi connectivity index (χ1v) is 19.7. The van der Waals surface area contributed by atoms with E-state index in [1.165, 1.54) is 42.1 Å². The van der Waals surface area contributed by atoms with Crippen LogP contribution in [0.2, 0.25) is 0 Å². The molecule has 0 saturated carbocycles. The second-order valence-electron chi connectivity index (χ2n) is 14.2. The van der Waals surface area contributed by atoms with Gasteiger partial charge >= 0.3 is 0 Å². The second kappa shape index (κ2) is 13.3. The lowest BCUT2D eigenvalue weighted by molar-refractivity contribution is 1.18. The minimum absolute atomic E-state index is 0.699. The summed E-state index contributed by atoms with van der Waals surface area (Å²) < 4.78 is 5.00. The lowest BCUT2D eigenvalue weighted by atomic mass is 10.0. The molecule has 0 aliphatic carbocycles. The third kappa shape index (κ3) is 5.50. The van der Waals surface area contributed by atoms with Crippen LogP contribution in [0.15, 0.2) is 200 Å². The van der Waals surface area contributed by atoms with Crippen molar-refractivity contribution in [3.63, 3.8) is 0 Å². The number of rotatable bonds is 6. The molecule has 0 spiro atoms. The lowest BCUT2D eigenvalue weighted by Crippen LogP contribution is -1.97. The minimum Gasteiger partial charge on any atom is -0.309 e. The lowest BCUT2D eigenvalue weighted by Gasteiger charge is -2.12. The maximum Gasteiger partial charge on any atom is 0.160 e. The first-order chi connectivity index (χ1) is 27.7. The van der Waals surface area contributed by atoms with E-state index < -0.39 is 0 Å². The molecule has 0 bridgehead atoms. The van der Waals surface area contributed by atoms with Gasteiger partial charge in [0.1, 0.15) is 0 Å². The number of fused-ring (bicyclic) bond motifs is 6. The van der Waals surface area contributed by atoms with Crippen molar-refractivity contribution in [2.75, 3.05) is 0 Å².